The molecule has 0 amide bonds. The van der Waals surface area contributed by atoms with Crippen LogP contribution < -0.4 is 16.3 Å². The van der Waals surface area contributed by atoms with Crippen LogP contribution in [0, 0.1) is 0 Å². The van der Waals surface area contributed by atoms with Gasteiger partial charge in [-0.2, -0.15) is 0 Å². The molecule has 0 aliphatic heterocycles. The molecule has 4 aromatic rings. The van der Waals surface area contributed by atoms with E-state index in [1.165, 1.54) is 0 Å². The van der Waals surface area contributed by atoms with E-state index >= 15 is 0 Å². The fraction of sp³-hybridized carbons (Fsp3) is 0.174. The highest BCUT2D eigenvalue weighted by atomic mass is 16.3. The van der Waals surface area contributed by atoms with Gasteiger partial charge in [0.25, 0.3) is 5.56 Å². The Morgan fingerprint density at radius 1 is 0.897 bits per heavy atom. The van der Waals surface area contributed by atoms with Crippen molar-refractivity contribution in [3.8, 4) is 22.6 Å². The normalized spacial score (nSPS) is 12.0. The van der Waals surface area contributed by atoms with Gasteiger partial charge in [-0.15, -0.1) is 0 Å². The second-order valence-electron chi connectivity index (χ2n) is 6.69. The molecule has 0 saturated carbocycles. The Morgan fingerprint density at radius 3 is 2.07 bits per heavy atom. The minimum Gasteiger partial charge on any atom is -0.505 e. The standard InChI is InChI=1S/C23H21N3O3/c1-3-17-18(23(29)26(25(17)4-2)16-13-9-6-10-14-16)19-21(27)20(22(19)28)24-15-11-7-5-8-12-15/h5-14,27H,3-4H2,1-2H3. The molecule has 6 heteroatoms. The lowest BCUT2D eigenvalue weighted by Gasteiger charge is -2.12. The van der Waals surface area contributed by atoms with Crippen LogP contribution in [0.15, 0.2) is 75.2 Å². The molecule has 0 radical (unpaired) electrons. The highest BCUT2D eigenvalue weighted by Gasteiger charge is 2.29. The van der Waals surface area contributed by atoms with Crippen molar-refractivity contribution in [1.29, 1.82) is 0 Å². The molecule has 0 aliphatic rings. The van der Waals surface area contributed by atoms with Gasteiger partial charge in [0.2, 0.25) is 5.43 Å². The Balaban J connectivity index is 1.95. The molecular weight excluding hydrogens is 366 g/mol. The first-order valence-electron chi connectivity index (χ1n) is 9.61. The smallest absolute Gasteiger partial charge is 0.279 e. The summed E-state index contributed by atoms with van der Waals surface area (Å²) in [5.74, 6) is -0.223. The summed E-state index contributed by atoms with van der Waals surface area (Å²) < 4.78 is 3.42. The van der Waals surface area contributed by atoms with E-state index in [2.05, 4.69) is 4.99 Å². The van der Waals surface area contributed by atoms with Gasteiger partial charge in [-0.05, 0) is 37.6 Å². The molecule has 6 nitrogen and oxygen atoms in total. The van der Waals surface area contributed by atoms with Crippen LogP contribution in [0.5, 0.6) is 5.75 Å². The Kier molecular flexibility index (Phi) is 4.76. The van der Waals surface area contributed by atoms with Gasteiger partial charge in [0.1, 0.15) is 0 Å². The van der Waals surface area contributed by atoms with Crippen molar-refractivity contribution in [2.45, 2.75) is 26.8 Å². The molecule has 0 bridgehead atoms. The minimum atomic E-state index is -0.411. The third-order valence-electron chi connectivity index (χ3n) is 5.03. The number of nitrogens with zero attached hydrogens (tertiary/aromatic N) is 3. The molecule has 0 unspecified atom stereocenters. The van der Waals surface area contributed by atoms with E-state index in [0.29, 0.717) is 24.3 Å². The van der Waals surface area contributed by atoms with Crippen molar-refractivity contribution in [2.75, 3.05) is 0 Å². The zero-order valence-corrected chi connectivity index (χ0v) is 16.3. The predicted octanol–water partition coefficient (Wildman–Crippen LogP) is 3.06. The zero-order chi connectivity index (χ0) is 20.5. The second-order valence-corrected chi connectivity index (χ2v) is 6.69. The van der Waals surface area contributed by atoms with Crippen LogP contribution in [0.1, 0.15) is 19.5 Å². The molecule has 1 heterocycles. The maximum atomic E-state index is 13.3. The van der Waals surface area contributed by atoms with Gasteiger partial charge in [0.05, 0.1) is 22.5 Å². The van der Waals surface area contributed by atoms with Crippen LogP contribution in [-0.2, 0) is 13.0 Å². The average molecular weight is 387 g/mol. The molecule has 0 spiro atoms. The van der Waals surface area contributed by atoms with Crippen molar-refractivity contribution in [1.82, 2.24) is 9.36 Å². The Morgan fingerprint density at radius 2 is 1.52 bits per heavy atom. The van der Waals surface area contributed by atoms with E-state index in [-0.39, 0.29) is 27.8 Å². The Hall–Kier alpha value is -3.67. The average Bonchev–Trinajstić information content (AvgIpc) is 3.04. The first-order chi connectivity index (χ1) is 14.1. The summed E-state index contributed by atoms with van der Waals surface area (Å²) >= 11 is 0. The van der Waals surface area contributed by atoms with Crippen LogP contribution in [0.2, 0.25) is 0 Å². The van der Waals surface area contributed by atoms with Crippen molar-refractivity contribution in [2.24, 2.45) is 4.99 Å². The van der Waals surface area contributed by atoms with Crippen LogP contribution in [0.25, 0.3) is 16.8 Å². The number of aromatic nitrogens is 2. The lowest BCUT2D eigenvalue weighted by atomic mass is 9.98. The summed E-state index contributed by atoms with van der Waals surface area (Å²) in [6, 6.07) is 18.2. The van der Waals surface area contributed by atoms with E-state index in [4.69, 9.17) is 0 Å². The highest BCUT2D eigenvalue weighted by Crippen LogP contribution is 2.27. The summed E-state index contributed by atoms with van der Waals surface area (Å²) in [7, 11) is 0. The van der Waals surface area contributed by atoms with Gasteiger partial charge in [-0.3, -0.25) is 14.3 Å². The van der Waals surface area contributed by atoms with E-state index in [1.54, 1.807) is 28.9 Å². The van der Waals surface area contributed by atoms with Gasteiger partial charge >= 0.3 is 0 Å². The zero-order valence-electron chi connectivity index (χ0n) is 16.3. The Labute approximate surface area is 167 Å². The van der Waals surface area contributed by atoms with Crippen molar-refractivity contribution in [3.05, 3.63) is 92.3 Å². The molecule has 0 aliphatic carbocycles. The molecule has 3 aromatic carbocycles. The van der Waals surface area contributed by atoms with Gasteiger partial charge in [-0.1, -0.05) is 43.3 Å². The third-order valence-corrected chi connectivity index (χ3v) is 5.03. The second kappa shape index (κ2) is 7.39. The fourth-order valence-electron chi connectivity index (χ4n) is 3.71. The quantitative estimate of drug-likeness (QED) is 0.572. The maximum Gasteiger partial charge on any atom is 0.279 e. The molecule has 4 rings (SSSR count). The van der Waals surface area contributed by atoms with Crippen molar-refractivity contribution in [3.63, 3.8) is 0 Å². The number of hydrogen-bond acceptors (Lipinski definition) is 4. The summed E-state index contributed by atoms with van der Waals surface area (Å²) in [5.41, 5.74) is 1.59. The van der Waals surface area contributed by atoms with Crippen molar-refractivity contribution >= 4 is 5.69 Å². The lowest BCUT2D eigenvalue weighted by molar-refractivity contribution is 0.463. The largest absolute Gasteiger partial charge is 0.505 e. The number of para-hydroxylation sites is 2. The van der Waals surface area contributed by atoms with Crippen LogP contribution in [-0.4, -0.2) is 14.5 Å². The monoisotopic (exact) mass is 387 g/mol. The molecule has 29 heavy (non-hydrogen) atoms. The van der Waals surface area contributed by atoms with Gasteiger partial charge in [0, 0.05) is 12.2 Å². The Bertz CT molecular complexity index is 1310. The summed E-state index contributed by atoms with van der Waals surface area (Å²) in [5, 5.41) is 10.6. The molecule has 0 fully saturated rings. The molecule has 1 N–H and O–H groups in total. The van der Waals surface area contributed by atoms with E-state index in [1.807, 2.05) is 54.9 Å². The fourth-order valence-corrected chi connectivity index (χ4v) is 3.71. The van der Waals surface area contributed by atoms with Crippen LogP contribution >= 0.6 is 0 Å². The summed E-state index contributed by atoms with van der Waals surface area (Å²) in [6.07, 6.45) is 0.549. The van der Waals surface area contributed by atoms with Gasteiger partial charge < -0.3 is 5.11 Å². The van der Waals surface area contributed by atoms with Crippen LogP contribution in [0.4, 0.5) is 5.69 Å². The molecule has 0 saturated heterocycles. The topological polar surface area (TPSA) is 76.6 Å². The van der Waals surface area contributed by atoms with Crippen molar-refractivity contribution < 1.29 is 5.11 Å². The first-order valence-corrected chi connectivity index (χ1v) is 9.61. The number of aromatic hydroxyl groups is 1. The SMILES string of the molecule is CCc1c(-c2c(O)c(=Nc3ccccc3)c2=O)c(=O)n(-c2ccccc2)n1CC. The summed E-state index contributed by atoms with van der Waals surface area (Å²) in [6.45, 7) is 4.43. The molecule has 0 atom stereocenters. The third kappa shape index (κ3) is 2.93. The molecule has 146 valence electrons. The minimum absolute atomic E-state index is 0.0110. The van der Waals surface area contributed by atoms with E-state index < -0.39 is 5.43 Å². The molecule has 1 aromatic heterocycles. The predicted molar refractivity (Wildman–Crippen MR) is 112 cm³/mol. The van der Waals surface area contributed by atoms with Gasteiger partial charge in [0.15, 0.2) is 11.1 Å². The first kappa shape index (κ1) is 18.7. The summed E-state index contributed by atoms with van der Waals surface area (Å²) in [4.78, 5) is 30.4. The van der Waals surface area contributed by atoms with Gasteiger partial charge in [-0.25, -0.2) is 9.67 Å². The van der Waals surface area contributed by atoms with E-state index in [0.717, 1.165) is 5.69 Å². The molecular formula is C23H21N3O3. The number of rotatable bonds is 5. The number of benzene rings is 2. The van der Waals surface area contributed by atoms with Crippen LogP contribution in [0.3, 0.4) is 0 Å². The van der Waals surface area contributed by atoms with E-state index in [9.17, 15) is 14.7 Å². The maximum absolute atomic E-state index is 13.3. The lowest BCUT2D eigenvalue weighted by Crippen LogP contribution is -2.35. The number of hydrogen-bond donors (Lipinski definition) is 1. The highest BCUT2D eigenvalue weighted by molar-refractivity contribution is 5.75.